The van der Waals surface area contributed by atoms with Crippen LogP contribution in [0.3, 0.4) is 0 Å². The predicted octanol–water partition coefficient (Wildman–Crippen LogP) is 1.49. The van der Waals surface area contributed by atoms with E-state index < -0.39 is 0 Å². The number of esters is 1. The molecule has 1 atom stereocenters. The molecule has 0 aromatic heterocycles. The summed E-state index contributed by atoms with van der Waals surface area (Å²) in [5.41, 5.74) is 0. The first-order valence-electron chi connectivity index (χ1n) is 5.67. The average Bonchev–Trinajstić information content (AvgIpc) is 2.30. The molecule has 0 aliphatic carbocycles. The molecule has 0 aromatic rings. The number of rotatable bonds is 4. The number of ether oxygens (including phenoxy) is 3. The number of hydrogen-bond donors (Lipinski definition) is 0. The van der Waals surface area contributed by atoms with Crippen molar-refractivity contribution >= 4 is 5.97 Å². The lowest BCUT2D eigenvalue weighted by atomic mass is 10.2. The molecule has 1 aliphatic heterocycles. The Kier molecular flexibility index (Phi) is 6.62. The maximum Gasteiger partial charge on any atom is 0.317 e. The molecule has 0 saturated carbocycles. The zero-order valence-corrected chi connectivity index (χ0v) is 9.66. The second kappa shape index (κ2) is 8.14. The fourth-order valence-corrected chi connectivity index (χ4v) is 1.37. The third-order valence-electron chi connectivity index (χ3n) is 2.14. The zero-order chi connectivity index (χ0) is 11.6. The molecule has 0 spiro atoms. The molecule has 0 radical (unpaired) electrons. The molecule has 1 fully saturated rings. The van der Waals surface area contributed by atoms with Gasteiger partial charge in [-0.3, -0.25) is 4.79 Å². The highest BCUT2D eigenvalue weighted by Crippen LogP contribution is 2.12. The lowest BCUT2D eigenvalue weighted by molar-refractivity contribution is -0.154. The van der Waals surface area contributed by atoms with Crippen molar-refractivity contribution in [3.63, 3.8) is 0 Å². The molecular formula is C12H18O4. The Morgan fingerprint density at radius 2 is 2.31 bits per heavy atom. The van der Waals surface area contributed by atoms with E-state index in [4.69, 9.17) is 14.2 Å². The molecule has 1 rings (SSSR count). The summed E-state index contributed by atoms with van der Waals surface area (Å²) in [4.78, 5) is 10.9. The van der Waals surface area contributed by atoms with Gasteiger partial charge >= 0.3 is 5.97 Å². The summed E-state index contributed by atoms with van der Waals surface area (Å²) in [6.45, 7) is 3.24. The van der Waals surface area contributed by atoms with E-state index in [1.165, 1.54) is 0 Å². The Hall–Kier alpha value is -1.05. The van der Waals surface area contributed by atoms with Crippen molar-refractivity contribution in [2.45, 2.75) is 38.9 Å². The minimum absolute atomic E-state index is 0.120. The third kappa shape index (κ3) is 5.74. The van der Waals surface area contributed by atoms with E-state index in [9.17, 15) is 4.79 Å². The van der Waals surface area contributed by atoms with Crippen LogP contribution in [0.1, 0.15) is 32.6 Å². The van der Waals surface area contributed by atoms with Gasteiger partial charge in [0, 0.05) is 6.61 Å². The maximum absolute atomic E-state index is 10.9. The predicted molar refractivity (Wildman–Crippen MR) is 58.6 cm³/mol. The quantitative estimate of drug-likeness (QED) is 0.538. The Labute approximate surface area is 96.2 Å². The Morgan fingerprint density at radius 1 is 1.44 bits per heavy atom. The van der Waals surface area contributed by atoms with Crippen LogP contribution >= 0.6 is 0 Å². The zero-order valence-electron chi connectivity index (χ0n) is 9.66. The van der Waals surface area contributed by atoms with Crippen LogP contribution in [-0.2, 0) is 19.0 Å². The van der Waals surface area contributed by atoms with Crippen molar-refractivity contribution in [2.75, 3.05) is 19.8 Å². The normalized spacial score (nSPS) is 19.7. The van der Waals surface area contributed by atoms with Crippen LogP contribution in [0.5, 0.6) is 0 Å². The van der Waals surface area contributed by atoms with E-state index in [0.29, 0.717) is 13.2 Å². The van der Waals surface area contributed by atoms with Gasteiger partial charge in [0.1, 0.15) is 13.0 Å². The van der Waals surface area contributed by atoms with Crippen molar-refractivity contribution < 1.29 is 19.0 Å². The van der Waals surface area contributed by atoms with E-state index >= 15 is 0 Å². The van der Waals surface area contributed by atoms with Crippen LogP contribution in [0.15, 0.2) is 0 Å². The molecular weight excluding hydrogens is 208 g/mol. The highest BCUT2D eigenvalue weighted by Gasteiger charge is 2.12. The average molecular weight is 226 g/mol. The van der Waals surface area contributed by atoms with Gasteiger partial charge in [0.15, 0.2) is 6.29 Å². The summed E-state index contributed by atoms with van der Waals surface area (Å²) in [5.74, 6) is 5.19. The standard InChI is InChI=1S/C12H18O4/c1-2-14-11(13)7-3-5-9-15-12-8-4-6-10-16-12/h12H,2,4,6-10H2,1H3. The monoisotopic (exact) mass is 226 g/mol. The van der Waals surface area contributed by atoms with E-state index in [1.807, 2.05) is 0 Å². The number of hydrogen-bond acceptors (Lipinski definition) is 4. The van der Waals surface area contributed by atoms with Crippen molar-refractivity contribution in [2.24, 2.45) is 0 Å². The van der Waals surface area contributed by atoms with E-state index in [1.54, 1.807) is 6.92 Å². The van der Waals surface area contributed by atoms with Crippen LogP contribution in [0.4, 0.5) is 0 Å². The second-order valence-corrected chi connectivity index (χ2v) is 3.44. The molecule has 16 heavy (non-hydrogen) atoms. The summed E-state index contributed by atoms with van der Waals surface area (Å²) in [7, 11) is 0. The second-order valence-electron chi connectivity index (χ2n) is 3.44. The van der Waals surface area contributed by atoms with Crippen LogP contribution < -0.4 is 0 Å². The Morgan fingerprint density at radius 3 is 3.00 bits per heavy atom. The SMILES string of the molecule is CCOC(=O)CC#CCOC1CCCCO1. The van der Waals surface area contributed by atoms with E-state index in [-0.39, 0.29) is 18.7 Å². The molecule has 0 bridgehead atoms. The van der Waals surface area contributed by atoms with Crippen molar-refractivity contribution in [3.8, 4) is 11.8 Å². The van der Waals surface area contributed by atoms with Gasteiger partial charge in [-0.2, -0.15) is 0 Å². The Bertz CT molecular complexity index is 258. The van der Waals surface area contributed by atoms with Crippen molar-refractivity contribution in [3.05, 3.63) is 0 Å². The van der Waals surface area contributed by atoms with Gasteiger partial charge in [-0.15, -0.1) is 0 Å². The number of carbonyl (C=O) groups excluding carboxylic acids is 1. The van der Waals surface area contributed by atoms with Crippen LogP contribution in [0, 0.1) is 11.8 Å². The summed E-state index contributed by atoms with van der Waals surface area (Å²) < 4.78 is 15.5. The maximum atomic E-state index is 10.9. The number of carbonyl (C=O) groups is 1. The topological polar surface area (TPSA) is 44.8 Å². The summed E-state index contributed by atoms with van der Waals surface area (Å²) in [5, 5.41) is 0. The lowest BCUT2D eigenvalue weighted by Gasteiger charge is -2.21. The van der Waals surface area contributed by atoms with E-state index in [0.717, 1.165) is 25.9 Å². The van der Waals surface area contributed by atoms with Crippen molar-refractivity contribution in [1.82, 2.24) is 0 Å². The first-order chi connectivity index (χ1) is 7.83. The van der Waals surface area contributed by atoms with E-state index in [2.05, 4.69) is 11.8 Å². The largest absolute Gasteiger partial charge is 0.465 e. The van der Waals surface area contributed by atoms with Crippen LogP contribution in [-0.4, -0.2) is 32.1 Å². The molecule has 1 saturated heterocycles. The molecule has 90 valence electrons. The Balaban J connectivity index is 2.05. The van der Waals surface area contributed by atoms with Crippen molar-refractivity contribution in [1.29, 1.82) is 0 Å². The van der Waals surface area contributed by atoms with Gasteiger partial charge in [-0.05, 0) is 26.2 Å². The van der Waals surface area contributed by atoms with Gasteiger partial charge in [-0.25, -0.2) is 0 Å². The first-order valence-corrected chi connectivity index (χ1v) is 5.67. The molecule has 1 unspecified atom stereocenters. The lowest BCUT2D eigenvalue weighted by Crippen LogP contribution is -2.22. The molecule has 1 heterocycles. The molecule has 4 heteroatoms. The van der Waals surface area contributed by atoms with Crippen LogP contribution in [0.25, 0.3) is 0 Å². The molecule has 0 aromatic carbocycles. The fraction of sp³-hybridized carbons (Fsp3) is 0.750. The summed E-state index contributed by atoms with van der Waals surface area (Å²) in [6, 6.07) is 0. The first kappa shape index (κ1) is 13.0. The summed E-state index contributed by atoms with van der Waals surface area (Å²) in [6.07, 6.45) is 3.18. The summed E-state index contributed by atoms with van der Waals surface area (Å²) >= 11 is 0. The van der Waals surface area contributed by atoms with Gasteiger partial charge in [0.25, 0.3) is 0 Å². The fourth-order valence-electron chi connectivity index (χ4n) is 1.37. The minimum Gasteiger partial charge on any atom is -0.465 e. The van der Waals surface area contributed by atoms with Gasteiger partial charge in [0.05, 0.1) is 6.61 Å². The molecule has 1 aliphatic rings. The van der Waals surface area contributed by atoms with Gasteiger partial charge in [0.2, 0.25) is 0 Å². The third-order valence-corrected chi connectivity index (χ3v) is 2.14. The molecule has 0 amide bonds. The molecule has 4 nitrogen and oxygen atoms in total. The highest BCUT2D eigenvalue weighted by molar-refractivity contribution is 5.72. The van der Waals surface area contributed by atoms with Crippen LogP contribution in [0.2, 0.25) is 0 Å². The smallest absolute Gasteiger partial charge is 0.317 e. The highest BCUT2D eigenvalue weighted by atomic mass is 16.7. The van der Waals surface area contributed by atoms with Gasteiger partial charge < -0.3 is 14.2 Å². The van der Waals surface area contributed by atoms with Gasteiger partial charge in [-0.1, -0.05) is 11.8 Å². The minimum atomic E-state index is -0.288. The molecule has 0 N–H and O–H groups in total.